The lowest BCUT2D eigenvalue weighted by atomic mass is 10.3. The predicted molar refractivity (Wildman–Crippen MR) is 96.1 cm³/mol. The second kappa shape index (κ2) is 8.72. The number of nitrogens with one attached hydrogen (secondary N) is 2. The van der Waals surface area contributed by atoms with Crippen molar-refractivity contribution in [1.82, 2.24) is 15.2 Å². The molecule has 0 atom stereocenters. The van der Waals surface area contributed by atoms with E-state index in [-0.39, 0.29) is 41.1 Å². The number of carbonyl (C=O) groups excluding carboxylic acids is 1. The van der Waals surface area contributed by atoms with E-state index in [1.54, 1.807) is 12.1 Å². The number of rotatable bonds is 8. The molecule has 1 amide bonds. The van der Waals surface area contributed by atoms with Crippen molar-refractivity contribution in [3.63, 3.8) is 0 Å². The van der Waals surface area contributed by atoms with E-state index >= 15 is 0 Å². The zero-order chi connectivity index (χ0) is 19.3. The molecule has 0 saturated carbocycles. The van der Waals surface area contributed by atoms with Gasteiger partial charge in [-0.3, -0.25) is 4.79 Å². The molecule has 0 aliphatic rings. The largest absolute Gasteiger partial charge is 0.482 e. The molecule has 0 radical (unpaired) electrons. The summed E-state index contributed by atoms with van der Waals surface area (Å²) in [6.07, 6.45) is 0. The van der Waals surface area contributed by atoms with Crippen LogP contribution in [0.3, 0.4) is 0 Å². The molecule has 8 nitrogen and oxygen atoms in total. The highest BCUT2D eigenvalue weighted by molar-refractivity contribution is 7.89. The Labute approximate surface area is 160 Å². The third-order valence-electron chi connectivity index (χ3n) is 3.23. The molecule has 2 aromatic rings. The summed E-state index contributed by atoms with van der Waals surface area (Å²) in [5.74, 6) is 0.102. The van der Waals surface area contributed by atoms with Gasteiger partial charge in [0.15, 0.2) is 12.4 Å². The second-order valence-corrected chi connectivity index (χ2v) is 7.81. The highest BCUT2D eigenvalue weighted by Crippen LogP contribution is 2.27. The molecule has 1 aromatic heterocycles. The van der Waals surface area contributed by atoms with Crippen molar-refractivity contribution < 1.29 is 22.5 Å². The van der Waals surface area contributed by atoms with Gasteiger partial charge in [0, 0.05) is 18.1 Å². The minimum Gasteiger partial charge on any atom is -0.482 e. The van der Waals surface area contributed by atoms with Crippen molar-refractivity contribution >= 4 is 39.1 Å². The first kappa shape index (κ1) is 20.5. The Hall–Kier alpha value is -1.81. The van der Waals surface area contributed by atoms with Crippen LogP contribution in [0.25, 0.3) is 0 Å². The first-order valence-electron chi connectivity index (χ1n) is 7.48. The average molecular weight is 422 g/mol. The molecule has 1 heterocycles. The topological polar surface area (TPSA) is 111 Å². The molecular formula is C15H17Cl2N3O5S. The summed E-state index contributed by atoms with van der Waals surface area (Å²) in [7, 11) is -3.76. The number of hydrogen-bond acceptors (Lipinski definition) is 6. The number of aromatic nitrogens is 1. The van der Waals surface area contributed by atoms with Crippen LogP contribution in [0.15, 0.2) is 27.6 Å². The Morgan fingerprint density at radius 2 is 2.00 bits per heavy atom. The van der Waals surface area contributed by atoms with Gasteiger partial charge in [-0.2, -0.15) is 0 Å². The third-order valence-corrected chi connectivity index (χ3v) is 5.46. The van der Waals surface area contributed by atoms with E-state index in [1.807, 2.05) is 0 Å². The molecule has 1 aromatic carbocycles. The van der Waals surface area contributed by atoms with Gasteiger partial charge in [0.25, 0.3) is 5.91 Å². The summed E-state index contributed by atoms with van der Waals surface area (Å²) >= 11 is 11.7. The monoisotopic (exact) mass is 421 g/mol. The molecule has 0 saturated heterocycles. The number of hydrogen-bond donors (Lipinski definition) is 2. The van der Waals surface area contributed by atoms with Gasteiger partial charge in [-0.1, -0.05) is 28.4 Å². The van der Waals surface area contributed by atoms with E-state index in [0.717, 1.165) is 0 Å². The van der Waals surface area contributed by atoms with Crippen LogP contribution in [0, 0.1) is 13.8 Å². The van der Waals surface area contributed by atoms with E-state index in [1.165, 1.54) is 19.9 Å². The summed E-state index contributed by atoms with van der Waals surface area (Å²) in [5, 5.41) is 6.88. The van der Waals surface area contributed by atoms with Gasteiger partial charge >= 0.3 is 0 Å². The van der Waals surface area contributed by atoms with Crippen molar-refractivity contribution in [1.29, 1.82) is 0 Å². The molecule has 0 fully saturated rings. The van der Waals surface area contributed by atoms with Crippen molar-refractivity contribution in [2.75, 3.05) is 19.7 Å². The molecule has 0 spiro atoms. The number of carbonyl (C=O) groups is 1. The van der Waals surface area contributed by atoms with Crippen molar-refractivity contribution in [2.24, 2.45) is 0 Å². The van der Waals surface area contributed by atoms with Gasteiger partial charge in [0.05, 0.1) is 5.02 Å². The smallest absolute Gasteiger partial charge is 0.257 e. The molecular weight excluding hydrogens is 405 g/mol. The number of ether oxygens (including phenoxy) is 1. The maximum Gasteiger partial charge on any atom is 0.257 e. The number of amides is 1. The third kappa shape index (κ3) is 5.34. The van der Waals surface area contributed by atoms with E-state index in [2.05, 4.69) is 15.2 Å². The first-order chi connectivity index (χ1) is 12.2. The highest BCUT2D eigenvalue weighted by atomic mass is 35.5. The lowest BCUT2D eigenvalue weighted by Gasteiger charge is -2.10. The molecule has 2 rings (SSSR count). The summed E-state index contributed by atoms with van der Waals surface area (Å²) in [4.78, 5) is 11.8. The molecule has 0 bridgehead atoms. The van der Waals surface area contributed by atoms with Crippen molar-refractivity contribution in [2.45, 2.75) is 18.7 Å². The zero-order valence-corrected chi connectivity index (χ0v) is 16.3. The Morgan fingerprint density at radius 1 is 1.27 bits per heavy atom. The Balaban J connectivity index is 1.76. The summed E-state index contributed by atoms with van der Waals surface area (Å²) in [6.45, 7) is 2.86. The summed E-state index contributed by atoms with van der Waals surface area (Å²) in [6, 6.07) is 4.64. The molecule has 142 valence electrons. The van der Waals surface area contributed by atoms with Gasteiger partial charge in [-0.15, -0.1) is 0 Å². The standard InChI is InChI=1S/C15H17Cl2N3O5S/c1-9-15(10(2)25-20-9)26(22,23)19-6-5-18-14(21)8-24-13-4-3-11(16)7-12(13)17/h3-4,7,19H,5-6,8H2,1-2H3,(H,18,21). The van der Waals surface area contributed by atoms with Crippen LogP contribution in [0.2, 0.25) is 10.0 Å². The van der Waals surface area contributed by atoms with Crippen LogP contribution in [-0.4, -0.2) is 39.2 Å². The van der Waals surface area contributed by atoms with Crippen molar-refractivity contribution in [3.05, 3.63) is 39.7 Å². The minimum atomic E-state index is -3.76. The Bertz CT molecular complexity index is 879. The number of aryl methyl sites for hydroxylation is 2. The van der Waals surface area contributed by atoms with Gasteiger partial charge < -0.3 is 14.6 Å². The minimum absolute atomic E-state index is 0.000164. The fourth-order valence-corrected chi connectivity index (χ4v) is 3.92. The summed E-state index contributed by atoms with van der Waals surface area (Å²) in [5.41, 5.74) is 0.271. The van der Waals surface area contributed by atoms with Crippen LogP contribution in [0.1, 0.15) is 11.5 Å². The van der Waals surface area contributed by atoms with Gasteiger partial charge in [-0.25, -0.2) is 13.1 Å². The number of sulfonamides is 1. The maximum atomic E-state index is 12.2. The van der Waals surface area contributed by atoms with Crippen LogP contribution < -0.4 is 14.8 Å². The molecule has 0 unspecified atom stereocenters. The average Bonchev–Trinajstić information content (AvgIpc) is 2.90. The molecule has 26 heavy (non-hydrogen) atoms. The Morgan fingerprint density at radius 3 is 2.62 bits per heavy atom. The zero-order valence-electron chi connectivity index (χ0n) is 14.0. The van der Waals surface area contributed by atoms with Gasteiger partial charge in [0.2, 0.25) is 10.0 Å². The van der Waals surface area contributed by atoms with E-state index in [9.17, 15) is 13.2 Å². The molecule has 0 aliphatic carbocycles. The first-order valence-corrected chi connectivity index (χ1v) is 9.71. The van der Waals surface area contributed by atoms with Crippen LogP contribution in [0.5, 0.6) is 5.75 Å². The summed E-state index contributed by atoms with van der Waals surface area (Å²) < 4.78 is 36.9. The van der Waals surface area contributed by atoms with Gasteiger partial charge in [-0.05, 0) is 32.0 Å². The molecule has 11 heteroatoms. The van der Waals surface area contributed by atoms with E-state index < -0.39 is 15.9 Å². The second-order valence-electron chi connectivity index (χ2n) is 5.26. The van der Waals surface area contributed by atoms with E-state index in [0.29, 0.717) is 10.8 Å². The molecule has 2 N–H and O–H groups in total. The lowest BCUT2D eigenvalue weighted by Crippen LogP contribution is -2.37. The number of benzene rings is 1. The maximum absolute atomic E-state index is 12.2. The quantitative estimate of drug-likeness (QED) is 0.631. The number of halogens is 2. The van der Waals surface area contributed by atoms with Crippen LogP contribution in [0.4, 0.5) is 0 Å². The number of nitrogens with zero attached hydrogens (tertiary/aromatic N) is 1. The van der Waals surface area contributed by atoms with Gasteiger partial charge in [0.1, 0.15) is 16.3 Å². The highest BCUT2D eigenvalue weighted by Gasteiger charge is 2.23. The predicted octanol–water partition coefficient (Wildman–Crippen LogP) is 2.07. The van der Waals surface area contributed by atoms with E-state index in [4.69, 9.17) is 32.5 Å². The molecule has 0 aliphatic heterocycles. The fraction of sp³-hybridized carbons (Fsp3) is 0.333. The SMILES string of the molecule is Cc1noc(C)c1S(=O)(=O)NCCNC(=O)COc1ccc(Cl)cc1Cl. The Kier molecular flexibility index (Phi) is 6.87. The lowest BCUT2D eigenvalue weighted by molar-refractivity contribution is -0.123. The van der Waals surface area contributed by atoms with Crippen LogP contribution >= 0.6 is 23.2 Å². The normalized spacial score (nSPS) is 11.4. The fourth-order valence-electron chi connectivity index (χ4n) is 2.10. The van der Waals surface area contributed by atoms with Crippen molar-refractivity contribution in [3.8, 4) is 5.75 Å². The van der Waals surface area contributed by atoms with Crippen LogP contribution in [-0.2, 0) is 14.8 Å².